The Labute approximate surface area is 190 Å². The summed E-state index contributed by atoms with van der Waals surface area (Å²) in [5, 5.41) is 3.71. The average molecular weight is 436 g/mol. The fourth-order valence-electron chi connectivity index (χ4n) is 4.86. The third-order valence-electron chi connectivity index (χ3n) is 7.06. The third-order valence-corrected chi connectivity index (χ3v) is 7.06. The second-order valence-electron chi connectivity index (χ2n) is 8.97. The number of piperidine rings is 1. The van der Waals surface area contributed by atoms with Gasteiger partial charge in [-0.3, -0.25) is 14.9 Å². The van der Waals surface area contributed by atoms with Gasteiger partial charge in [-0.2, -0.15) is 0 Å². The number of nitrogens with zero attached hydrogens (tertiary/aromatic N) is 2. The van der Waals surface area contributed by atoms with E-state index in [-0.39, 0.29) is 23.8 Å². The Morgan fingerprint density at radius 1 is 1.16 bits per heavy atom. The van der Waals surface area contributed by atoms with E-state index >= 15 is 0 Å². The summed E-state index contributed by atoms with van der Waals surface area (Å²) in [7, 11) is 1.60. The molecular formula is C26H33N3O3. The average Bonchev–Trinajstić information content (AvgIpc) is 3.10. The van der Waals surface area contributed by atoms with Gasteiger partial charge in [0.1, 0.15) is 5.75 Å². The van der Waals surface area contributed by atoms with E-state index in [9.17, 15) is 9.59 Å². The maximum absolute atomic E-state index is 13.5. The highest BCUT2D eigenvalue weighted by Gasteiger charge is 2.52. The van der Waals surface area contributed by atoms with Crippen LogP contribution in [0.15, 0.2) is 54.6 Å². The number of rotatable bonds is 6. The molecule has 1 spiro atoms. The van der Waals surface area contributed by atoms with Crippen LogP contribution < -0.4 is 10.1 Å². The highest BCUT2D eigenvalue weighted by molar-refractivity contribution is 5.94. The molecular weight excluding hydrogens is 402 g/mol. The number of benzene rings is 2. The first-order valence-electron chi connectivity index (χ1n) is 11.5. The Morgan fingerprint density at radius 3 is 2.53 bits per heavy atom. The molecule has 2 amide bonds. The van der Waals surface area contributed by atoms with Crippen LogP contribution in [0.4, 0.5) is 0 Å². The van der Waals surface area contributed by atoms with Crippen LogP contribution in [-0.2, 0) is 11.3 Å². The predicted molar refractivity (Wildman–Crippen MR) is 124 cm³/mol. The van der Waals surface area contributed by atoms with Crippen LogP contribution in [0.25, 0.3) is 0 Å². The van der Waals surface area contributed by atoms with E-state index < -0.39 is 5.66 Å². The fourth-order valence-corrected chi connectivity index (χ4v) is 4.86. The van der Waals surface area contributed by atoms with E-state index in [1.165, 1.54) is 0 Å². The largest absolute Gasteiger partial charge is 0.497 e. The van der Waals surface area contributed by atoms with E-state index in [1.54, 1.807) is 13.2 Å². The van der Waals surface area contributed by atoms with Crippen molar-refractivity contribution in [3.8, 4) is 5.75 Å². The number of likely N-dealkylation sites (tertiary alicyclic amines) is 1. The molecule has 2 fully saturated rings. The molecule has 2 saturated heterocycles. The number of ether oxygens (including phenoxy) is 1. The molecule has 0 aliphatic carbocycles. The zero-order chi connectivity index (χ0) is 22.7. The van der Waals surface area contributed by atoms with Gasteiger partial charge in [0.15, 0.2) is 0 Å². The van der Waals surface area contributed by atoms with Crippen LogP contribution in [0.1, 0.15) is 49.0 Å². The standard InChI is InChI=1S/C26H33N3O3/c1-4-19(2)23-25(31)29(18-20-9-6-5-7-10-20)26(27-23)13-15-28(16-14-26)24(30)21-11-8-12-22(17-21)32-3/h5-12,17,19,23,27H,4,13-16,18H2,1-3H3/t19-,23+/m0/s1. The van der Waals surface area contributed by atoms with Crippen molar-refractivity contribution in [2.75, 3.05) is 20.2 Å². The van der Waals surface area contributed by atoms with E-state index in [4.69, 9.17) is 4.74 Å². The summed E-state index contributed by atoms with van der Waals surface area (Å²) < 4.78 is 5.27. The van der Waals surface area contributed by atoms with Crippen molar-refractivity contribution < 1.29 is 14.3 Å². The normalized spacial score (nSPS) is 21.1. The molecule has 2 atom stereocenters. The summed E-state index contributed by atoms with van der Waals surface area (Å²) in [5.74, 6) is 1.13. The molecule has 2 aromatic carbocycles. The second kappa shape index (κ2) is 9.33. The monoisotopic (exact) mass is 435 g/mol. The van der Waals surface area contributed by atoms with E-state index in [0.717, 1.165) is 12.0 Å². The maximum atomic E-state index is 13.5. The van der Waals surface area contributed by atoms with Gasteiger partial charge in [0, 0.05) is 38.0 Å². The molecule has 0 aromatic heterocycles. The number of carbonyl (C=O) groups is 2. The lowest BCUT2D eigenvalue weighted by atomic mass is 9.94. The number of nitrogens with one attached hydrogen (secondary N) is 1. The number of amides is 2. The summed E-state index contributed by atoms with van der Waals surface area (Å²) in [5.41, 5.74) is 1.35. The molecule has 6 nitrogen and oxygen atoms in total. The van der Waals surface area contributed by atoms with Crippen molar-refractivity contribution in [3.05, 3.63) is 65.7 Å². The van der Waals surface area contributed by atoms with E-state index in [1.807, 2.05) is 46.2 Å². The molecule has 2 heterocycles. The van der Waals surface area contributed by atoms with Gasteiger partial charge in [-0.1, -0.05) is 56.7 Å². The molecule has 170 valence electrons. The van der Waals surface area contributed by atoms with Gasteiger partial charge in [-0.05, 0) is 29.7 Å². The number of carbonyl (C=O) groups excluding carboxylic acids is 2. The van der Waals surface area contributed by atoms with Crippen molar-refractivity contribution >= 4 is 11.8 Å². The molecule has 0 radical (unpaired) electrons. The maximum Gasteiger partial charge on any atom is 0.253 e. The number of hydrogen-bond acceptors (Lipinski definition) is 4. The van der Waals surface area contributed by atoms with Gasteiger partial charge >= 0.3 is 0 Å². The Hall–Kier alpha value is -2.86. The zero-order valence-electron chi connectivity index (χ0n) is 19.2. The van der Waals surface area contributed by atoms with Crippen LogP contribution in [0, 0.1) is 5.92 Å². The first-order valence-corrected chi connectivity index (χ1v) is 11.5. The fraction of sp³-hybridized carbons (Fsp3) is 0.462. The van der Waals surface area contributed by atoms with Gasteiger partial charge in [0.05, 0.1) is 18.8 Å². The Balaban J connectivity index is 1.53. The molecule has 2 aliphatic rings. The Bertz CT molecular complexity index is 954. The Morgan fingerprint density at radius 2 is 1.88 bits per heavy atom. The molecule has 0 saturated carbocycles. The highest BCUT2D eigenvalue weighted by Crippen LogP contribution is 2.36. The van der Waals surface area contributed by atoms with Crippen LogP contribution >= 0.6 is 0 Å². The van der Waals surface area contributed by atoms with Crippen LogP contribution in [-0.4, -0.2) is 53.5 Å². The van der Waals surface area contributed by atoms with Crippen LogP contribution in [0.3, 0.4) is 0 Å². The zero-order valence-corrected chi connectivity index (χ0v) is 19.2. The summed E-state index contributed by atoms with van der Waals surface area (Å²) in [6.07, 6.45) is 2.38. The molecule has 0 unspecified atom stereocenters. The molecule has 32 heavy (non-hydrogen) atoms. The highest BCUT2D eigenvalue weighted by atomic mass is 16.5. The summed E-state index contributed by atoms with van der Waals surface area (Å²) in [4.78, 5) is 30.5. The van der Waals surface area contributed by atoms with Gasteiger partial charge < -0.3 is 14.5 Å². The van der Waals surface area contributed by atoms with E-state index in [2.05, 4.69) is 31.3 Å². The third kappa shape index (κ3) is 4.24. The van der Waals surface area contributed by atoms with Crippen molar-refractivity contribution in [2.24, 2.45) is 5.92 Å². The number of methoxy groups -OCH3 is 1. The first kappa shape index (κ1) is 22.3. The smallest absolute Gasteiger partial charge is 0.253 e. The summed E-state index contributed by atoms with van der Waals surface area (Å²) in [6.45, 7) is 6.06. The lowest BCUT2D eigenvalue weighted by Crippen LogP contribution is -2.59. The predicted octanol–water partition coefficient (Wildman–Crippen LogP) is 3.67. The topological polar surface area (TPSA) is 61.9 Å². The SMILES string of the molecule is CC[C@H](C)[C@H]1NC2(CCN(C(=O)c3cccc(OC)c3)CC2)N(Cc2ccccc2)C1=O. The molecule has 0 bridgehead atoms. The lowest BCUT2D eigenvalue weighted by Gasteiger charge is -2.45. The van der Waals surface area contributed by atoms with Crippen molar-refractivity contribution in [1.82, 2.24) is 15.1 Å². The molecule has 1 N–H and O–H groups in total. The summed E-state index contributed by atoms with van der Waals surface area (Å²) >= 11 is 0. The molecule has 2 aliphatic heterocycles. The minimum atomic E-state index is -0.411. The van der Waals surface area contributed by atoms with E-state index in [0.29, 0.717) is 43.8 Å². The van der Waals surface area contributed by atoms with Crippen molar-refractivity contribution in [2.45, 2.75) is 51.4 Å². The van der Waals surface area contributed by atoms with Gasteiger partial charge in [0.2, 0.25) is 5.91 Å². The van der Waals surface area contributed by atoms with Gasteiger partial charge in [-0.15, -0.1) is 0 Å². The molecule has 4 rings (SSSR count). The Kier molecular flexibility index (Phi) is 6.51. The minimum Gasteiger partial charge on any atom is -0.497 e. The second-order valence-corrected chi connectivity index (χ2v) is 8.97. The van der Waals surface area contributed by atoms with Gasteiger partial charge in [-0.25, -0.2) is 0 Å². The van der Waals surface area contributed by atoms with Crippen molar-refractivity contribution in [1.29, 1.82) is 0 Å². The quantitative estimate of drug-likeness (QED) is 0.752. The summed E-state index contributed by atoms with van der Waals surface area (Å²) in [6, 6.07) is 17.3. The first-order chi connectivity index (χ1) is 15.5. The van der Waals surface area contributed by atoms with Crippen LogP contribution in [0.5, 0.6) is 5.75 Å². The number of hydrogen-bond donors (Lipinski definition) is 1. The molecule has 2 aromatic rings. The van der Waals surface area contributed by atoms with Crippen LogP contribution in [0.2, 0.25) is 0 Å². The van der Waals surface area contributed by atoms with Gasteiger partial charge in [0.25, 0.3) is 5.91 Å². The molecule has 6 heteroatoms. The van der Waals surface area contributed by atoms with Crippen molar-refractivity contribution in [3.63, 3.8) is 0 Å². The minimum absolute atomic E-state index is 0.0103. The lowest BCUT2D eigenvalue weighted by molar-refractivity contribution is -0.134.